The highest BCUT2D eigenvalue weighted by Gasteiger charge is 2.20. The fourth-order valence-electron chi connectivity index (χ4n) is 3.81. The van der Waals surface area contributed by atoms with E-state index in [0.717, 1.165) is 24.2 Å². The summed E-state index contributed by atoms with van der Waals surface area (Å²) in [5, 5.41) is 10.1. The molecule has 3 rings (SSSR count). The Morgan fingerprint density at radius 2 is 2.07 bits per heavy atom. The third kappa shape index (κ3) is 4.96. The van der Waals surface area contributed by atoms with E-state index in [9.17, 15) is 0 Å². The minimum absolute atomic E-state index is 0.175. The number of nitrogens with one attached hydrogen (secondary N) is 1. The third-order valence-electron chi connectivity index (χ3n) is 5.60. The van der Waals surface area contributed by atoms with Crippen LogP contribution < -0.4 is 17.2 Å². The lowest BCUT2D eigenvalue weighted by Crippen LogP contribution is -2.26. The summed E-state index contributed by atoms with van der Waals surface area (Å²) in [5.41, 5.74) is 23.3. The van der Waals surface area contributed by atoms with Gasteiger partial charge >= 0.3 is 0 Å². The van der Waals surface area contributed by atoms with Crippen molar-refractivity contribution in [3.8, 4) is 0 Å². The number of nitrogens with zero attached hydrogens (tertiary/aromatic N) is 1. The second-order valence-corrected chi connectivity index (χ2v) is 7.96. The summed E-state index contributed by atoms with van der Waals surface area (Å²) < 4.78 is 0. The Bertz CT molecular complexity index is 1010. The molecule has 5 nitrogen and oxygen atoms in total. The van der Waals surface area contributed by atoms with E-state index < -0.39 is 0 Å². The molecule has 7 N–H and O–H groups in total. The number of benzene rings is 2. The summed E-state index contributed by atoms with van der Waals surface area (Å²) >= 11 is 5.01. The Hall–Kier alpha value is -2.96. The molecular formula is C24H29N5S. The van der Waals surface area contributed by atoms with Crippen LogP contribution in [-0.2, 0) is 6.54 Å². The Balaban J connectivity index is 1.83. The molecule has 6 heteroatoms. The molecule has 1 saturated heterocycles. The van der Waals surface area contributed by atoms with Gasteiger partial charge in [-0.3, -0.25) is 10.3 Å². The van der Waals surface area contributed by atoms with Crippen LogP contribution in [0.2, 0.25) is 0 Å². The highest BCUT2D eigenvalue weighted by molar-refractivity contribution is 7.79. The van der Waals surface area contributed by atoms with E-state index in [1.165, 1.54) is 30.0 Å². The van der Waals surface area contributed by atoms with Crippen LogP contribution >= 0.6 is 12.2 Å². The van der Waals surface area contributed by atoms with E-state index in [1.807, 2.05) is 24.3 Å². The minimum atomic E-state index is 0.175. The van der Waals surface area contributed by atoms with Gasteiger partial charge in [-0.1, -0.05) is 42.5 Å². The molecule has 0 aliphatic carbocycles. The van der Waals surface area contributed by atoms with Crippen LogP contribution in [0.15, 0.2) is 54.4 Å². The van der Waals surface area contributed by atoms with Gasteiger partial charge in [0.25, 0.3) is 0 Å². The summed E-state index contributed by atoms with van der Waals surface area (Å²) in [6.45, 7) is 4.36. The second kappa shape index (κ2) is 9.69. The van der Waals surface area contributed by atoms with Gasteiger partial charge in [-0.2, -0.15) is 0 Å². The van der Waals surface area contributed by atoms with Crippen molar-refractivity contribution in [3.05, 3.63) is 76.6 Å². The number of hydrogen-bond donors (Lipinski definition) is 4. The minimum Gasteiger partial charge on any atom is -0.404 e. The Kier molecular flexibility index (Phi) is 7.03. The number of nitrogen functional groups attached to an aromatic ring is 1. The Morgan fingerprint density at radius 1 is 1.27 bits per heavy atom. The van der Waals surface area contributed by atoms with Crippen molar-refractivity contribution in [2.24, 2.45) is 11.5 Å². The van der Waals surface area contributed by atoms with Gasteiger partial charge in [0.1, 0.15) is 0 Å². The van der Waals surface area contributed by atoms with Gasteiger partial charge in [-0.05, 0) is 61.2 Å². The molecule has 2 aromatic carbocycles. The topological polar surface area (TPSA) is 105 Å². The molecule has 0 saturated carbocycles. The number of anilines is 1. The third-order valence-corrected chi connectivity index (χ3v) is 5.85. The first-order chi connectivity index (χ1) is 14.4. The maximum Gasteiger partial charge on any atom is 0.0862 e. The van der Waals surface area contributed by atoms with Crippen molar-refractivity contribution >= 4 is 40.6 Å². The number of nitrogens with two attached hydrogens (primary N) is 3. The van der Waals surface area contributed by atoms with E-state index in [1.54, 1.807) is 12.1 Å². The van der Waals surface area contributed by atoms with Gasteiger partial charge in [0.05, 0.1) is 11.4 Å². The molecule has 30 heavy (non-hydrogen) atoms. The van der Waals surface area contributed by atoms with Gasteiger partial charge in [-0.15, -0.1) is 0 Å². The van der Waals surface area contributed by atoms with Gasteiger partial charge in [0.15, 0.2) is 0 Å². The van der Waals surface area contributed by atoms with Crippen molar-refractivity contribution in [1.82, 2.24) is 4.90 Å². The highest BCUT2D eigenvalue weighted by Crippen LogP contribution is 2.23. The first kappa shape index (κ1) is 21.7. The average molecular weight is 420 g/mol. The summed E-state index contributed by atoms with van der Waals surface area (Å²) in [7, 11) is 0. The van der Waals surface area contributed by atoms with Crippen molar-refractivity contribution in [3.63, 3.8) is 0 Å². The molecule has 0 amide bonds. The predicted octanol–water partition coefficient (Wildman–Crippen LogP) is 3.92. The largest absolute Gasteiger partial charge is 0.404 e. The summed E-state index contributed by atoms with van der Waals surface area (Å²) in [4.78, 5) is 2.50. The number of thiocarbonyl (C=S) groups is 1. The molecule has 0 bridgehead atoms. The summed E-state index contributed by atoms with van der Waals surface area (Å²) in [5.74, 6) is 0. The maximum absolute atomic E-state index is 8.57. The number of rotatable bonds is 7. The molecule has 0 radical (unpaired) electrons. The maximum atomic E-state index is 8.57. The quantitative estimate of drug-likeness (QED) is 0.236. The molecule has 1 aliphatic rings. The highest BCUT2D eigenvalue weighted by atomic mass is 32.1. The monoisotopic (exact) mass is 419 g/mol. The Labute approximate surface area is 183 Å². The van der Waals surface area contributed by atoms with Gasteiger partial charge in [0, 0.05) is 41.0 Å². The molecule has 0 spiro atoms. The molecule has 2 aromatic rings. The first-order valence-corrected chi connectivity index (χ1v) is 10.6. The molecular weight excluding hydrogens is 390 g/mol. The van der Waals surface area contributed by atoms with Crippen LogP contribution in [-0.4, -0.2) is 28.6 Å². The molecule has 156 valence electrons. The van der Waals surface area contributed by atoms with Crippen LogP contribution in [0.1, 0.15) is 42.0 Å². The van der Waals surface area contributed by atoms with Crippen LogP contribution in [0.3, 0.4) is 0 Å². The molecule has 1 heterocycles. The van der Waals surface area contributed by atoms with E-state index in [2.05, 4.69) is 24.0 Å². The van der Waals surface area contributed by atoms with Gasteiger partial charge in [0.2, 0.25) is 0 Å². The van der Waals surface area contributed by atoms with Crippen molar-refractivity contribution in [2.45, 2.75) is 32.4 Å². The Morgan fingerprint density at radius 3 is 2.73 bits per heavy atom. The normalized spacial score (nSPS) is 17.8. The van der Waals surface area contributed by atoms with Crippen molar-refractivity contribution in [1.29, 1.82) is 5.41 Å². The second-order valence-electron chi connectivity index (χ2n) is 7.72. The zero-order chi connectivity index (χ0) is 21.7. The van der Waals surface area contributed by atoms with Crippen LogP contribution in [0.25, 0.3) is 11.6 Å². The van der Waals surface area contributed by atoms with E-state index >= 15 is 0 Å². The van der Waals surface area contributed by atoms with Crippen LogP contribution in [0.4, 0.5) is 5.69 Å². The van der Waals surface area contributed by atoms with Crippen LogP contribution in [0.5, 0.6) is 0 Å². The lowest BCUT2D eigenvalue weighted by molar-refractivity contribution is 0.260. The molecule has 1 fully saturated rings. The number of allylic oxidation sites excluding steroid dienone is 2. The SMILES string of the molecule is CC1CCCN1Cc1cccc(/C=C(\N)C(=N)c2cc(C(C=S)=CN)ccc2N)c1. The van der Waals surface area contributed by atoms with Crippen LogP contribution in [0, 0.1) is 5.41 Å². The predicted molar refractivity (Wildman–Crippen MR) is 131 cm³/mol. The summed E-state index contributed by atoms with van der Waals surface area (Å²) in [6, 6.07) is 14.3. The summed E-state index contributed by atoms with van der Waals surface area (Å²) in [6.07, 6.45) is 5.78. The van der Waals surface area contributed by atoms with Crippen molar-refractivity contribution in [2.75, 3.05) is 12.3 Å². The smallest absolute Gasteiger partial charge is 0.0862 e. The van der Waals surface area contributed by atoms with E-state index in [-0.39, 0.29) is 5.71 Å². The van der Waals surface area contributed by atoms with Crippen molar-refractivity contribution < 1.29 is 0 Å². The molecule has 1 unspecified atom stereocenters. The van der Waals surface area contributed by atoms with Gasteiger partial charge < -0.3 is 17.2 Å². The fraction of sp³-hybridized carbons (Fsp3) is 0.250. The van der Waals surface area contributed by atoms with Gasteiger partial charge in [-0.25, -0.2) is 0 Å². The molecule has 0 aromatic heterocycles. The lowest BCUT2D eigenvalue weighted by atomic mass is 9.98. The number of hydrogen-bond acceptors (Lipinski definition) is 6. The lowest BCUT2D eigenvalue weighted by Gasteiger charge is -2.21. The zero-order valence-electron chi connectivity index (χ0n) is 17.3. The first-order valence-electron chi connectivity index (χ1n) is 10.1. The molecule has 1 aliphatic heterocycles. The molecule has 1 atom stereocenters. The fourth-order valence-corrected chi connectivity index (χ4v) is 4.02. The van der Waals surface area contributed by atoms with E-state index in [0.29, 0.717) is 28.6 Å². The van der Waals surface area contributed by atoms with E-state index in [4.69, 9.17) is 34.8 Å². The standard InChI is InChI=1S/C24H29N5S/c1-16-4-3-9-29(16)14-18-6-2-5-17(10-18)11-23(27)24(28)21-12-19(7-8-22(21)26)20(13-25)15-30/h2,5-8,10-13,15-16,28H,3-4,9,14,25-27H2,1H3/b20-13?,23-11-,28-24?. The average Bonchev–Trinajstić information content (AvgIpc) is 3.14. The zero-order valence-corrected chi connectivity index (χ0v) is 18.1. The number of likely N-dealkylation sites (tertiary alicyclic amines) is 1.